The first kappa shape index (κ1) is 12.7. The summed E-state index contributed by atoms with van der Waals surface area (Å²) in [4.78, 5) is 12.5. The molecule has 0 unspecified atom stereocenters. The van der Waals surface area contributed by atoms with E-state index in [-0.39, 0.29) is 0 Å². The van der Waals surface area contributed by atoms with E-state index in [0.717, 1.165) is 22.5 Å². The molecule has 18 heavy (non-hydrogen) atoms. The van der Waals surface area contributed by atoms with E-state index in [2.05, 4.69) is 46.6 Å². The van der Waals surface area contributed by atoms with Crippen molar-refractivity contribution in [2.75, 3.05) is 24.2 Å². The van der Waals surface area contributed by atoms with Crippen molar-refractivity contribution in [2.45, 2.75) is 6.42 Å². The van der Waals surface area contributed by atoms with Crippen LogP contribution in [0.3, 0.4) is 0 Å². The Hall–Kier alpha value is -1.70. The first-order valence-corrected chi connectivity index (χ1v) is 6.27. The lowest BCUT2D eigenvalue weighted by atomic mass is 10.4. The number of rotatable bonds is 5. The average molecular weight is 312 g/mol. The van der Waals surface area contributed by atoms with Crippen LogP contribution >= 0.6 is 15.9 Å². The van der Waals surface area contributed by atoms with Gasteiger partial charge in [0.05, 0.1) is 4.47 Å². The molecule has 2 N–H and O–H groups in total. The fraction of sp³-hybridized carbons (Fsp3) is 0.400. The first-order valence-electron chi connectivity index (χ1n) is 5.47. The van der Waals surface area contributed by atoms with Crippen LogP contribution in [0.15, 0.2) is 17.0 Å². The number of hydrogen-bond acceptors (Lipinski definition) is 6. The topological polar surface area (TPSA) is 80.5 Å². The van der Waals surface area contributed by atoms with Gasteiger partial charge in [0.2, 0.25) is 5.95 Å². The molecule has 0 aromatic carbocycles. The highest BCUT2D eigenvalue weighted by Crippen LogP contribution is 2.19. The van der Waals surface area contributed by atoms with Gasteiger partial charge in [-0.25, -0.2) is 9.97 Å². The highest BCUT2D eigenvalue weighted by molar-refractivity contribution is 9.10. The van der Waals surface area contributed by atoms with Crippen molar-refractivity contribution in [1.29, 1.82) is 0 Å². The predicted molar refractivity (Wildman–Crippen MR) is 72.5 cm³/mol. The van der Waals surface area contributed by atoms with Gasteiger partial charge < -0.3 is 10.6 Å². The van der Waals surface area contributed by atoms with Crippen molar-refractivity contribution < 1.29 is 0 Å². The summed E-state index contributed by atoms with van der Waals surface area (Å²) in [5.41, 5.74) is 0. The van der Waals surface area contributed by atoms with Crippen LogP contribution in [0.25, 0.3) is 0 Å². The normalized spacial score (nSPS) is 10.4. The number of nitrogens with zero attached hydrogens (tertiary/aromatic N) is 5. The fourth-order valence-electron chi connectivity index (χ4n) is 1.40. The summed E-state index contributed by atoms with van der Waals surface area (Å²) < 4.78 is 2.52. The van der Waals surface area contributed by atoms with Crippen LogP contribution in [0, 0.1) is 0 Å². The van der Waals surface area contributed by atoms with Gasteiger partial charge in [-0.15, -0.1) is 0 Å². The van der Waals surface area contributed by atoms with Gasteiger partial charge in [0.25, 0.3) is 0 Å². The van der Waals surface area contributed by atoms with Gasteiger partial charge in [0.15, 0.2) is 5.82 Å². The van der Waals surface area contributed by atoms with Crippen molar-refractivity contribution in [3.8, 4) is 0 Å². The molecule has 0 aliphatic rings. The third-order valence-corrected chi connectivity index (χ3v) is 2.84. The van der Waals surface area contributed by atoms with Crippen LogP contribution in [0.4, 0.5) is 11.8 Å². The van der Waals surface area contributed by atoms with Gasteiger partial charge in [-0.3, -0.25) is 4.68 Å². The summed E-state index contributed by atoms with van der Waals surface area (Å²) in [6, 6.07) is 0. The molecule has 2 aromatic rings. The molecule has 0 aliphatic heterocycles. The van der Waals surface area contributed by atoms with Crippen molar-refractivity contribution in [2.24, 2.45) is 7.05 Å². The Balaban J connectivity index is 1.93. The van der Waals surface area contributed by atoms with E-state index in [1.54, 1.807) is 24.3 Å². The molecule has 2 aromatic heterocycles. The summed E-state index contributed by atoms with van der Waals surface area (Å²) in [5.74, 6) is 2.14. The summed E-state index contributed by atoms with van der Waals surface area (Å²) in [5, 5.41) is 10.3. The van der Waals surface area contributed by atoms with E-state index < -0.39 is 0 Å². The number of aryl methyl sites for hydroxylation is 1. The van der Waals surface area contributed by atoms with Gasteiger partial charge in [-0.05, 0) is 15.9 Å². The molecule has 0 saturated carbocycles. The molecule has 2 rings (SSSR count). The van der Waals surface area contributed by atoms with Gasteiger partial charge in [-0.2, -0.15) is 10.1 Å². The van der Waals surface area contributed by atoms with Crippen LogP contribution in [0.2, 0.25) is 0 Å². The molecule has 0 atom stereocenters. The quantitative estimate of drug-likeness (QED) is 0.859. The smallest absolute Gasteiger partial charge is 0.224 e. The molecule has 2 heterocycles. The standard InChI is InChI=1S/C10H14BrN7/c1-12-10-14-5-7(11)9(16-10)13-4-3-8-15-6-18(2)17-8/h5-6H,3-4H2,1-2H3,(H2,12,13,14,16). The molecule has 0 amide bonds. The lowest BCUT2D eigenvalue weighted by molar-refractivity contribution is 0.741. The van der Waals surface area contributed by atoms with E-state index in [1.807, 2.05) is 7.05 Å². The van der Waals surface area contributed by atoms with Gasteiger partial charge in [0.1, 0.15) is 12.1 Å². The predicted octanol–water partition coefficient (Wildman–Crippen LogP) is 1.06. The number of halogens is 1. The Bertz CT molecular complexity index is 525. The molecule has 0 saturated heterocycles. The monoisotopic (exact) mass is 311 g/mol. The van der Waals surface area contributed by atoms with Crippen LogP contribution in [0.5, 0.6) is 0 Å². The molecule has 0 fully saturated rings. The summed E-state index contributed by atoms with van der Waals surface area (Å²) in [6.07, 6.45) is 4.14. The van der Waals surface area contributed by atoms with E-state index in [0.29, 0.717) is 12.5 Å². The van der Waals surface area contributed by atoms with Gasteiger partial charge in [-0.1, -0.05) is 0 Å². The van der Waals surface area contributed by atoms with Crippen molar-refractivity contribution in [3.05, 3.63) is 22.8 Å². The van der Waals surface area contributed by atoms with Crippen molar-refractivity contribution in [1.82, 2.24) is 24.7 Å². The lowest BCUT2D eigenvalue weighted by Crippen LogP contribution is -2.09. The highest BCUT2D eigenvalue weighted by Gasteiger charge is 2.04. The SMILES string of the molecule is CNc1ncc(Br)c(NCCc2ncn(C)n2)n1. The Morgan fingerprint density at radius 3 is 2.89 bits per heavy atom. The van der Waals surface area contributed by atoms with E-state index in [1.165, 1.54) is 0 Å². The molecule has 7 nitrogen and oxygen atoms in total. The molecular weight excluding hydrogens is 298 g/mol. The Morgan fingerprint density at radius 2 is 2.22 bits per heavy atom. The summed E-state index contributed by atoms with van der Waals surface area (Å²) in [7, 11) is 3.63. The van der Waals surface area contributed by atoms with E-state index >= 15 is 0 Å². The molecule has 8 heteroatoms. The third-order valence-electron chi connectivity index (χ3n) is 2.26. The summed E-state index contributed by atoms with van der Waals surface area (Å²) >= 11 is 3.40. The minimum absolute atomic E-state index is 0.580. The highest BCUT2D eigenvalue weighted by atomic mass is 79.9. The van der Waals surface area contributed by atoms with Gasteiger partial charge >= 0.3 is 0 Å². The maximum atomic E-state index is 4.30. The van der Waals surface area contributed by atoms with E-state index in [9.17, 15) is 0 Å². The number of hydrogen-bond donors (Lipinski definition) is 2. The Kier molecular flexibility index (Phi) is 4.08. The zero-order valence-corrected chi connectivity index (χ0v) is 11.8. The third kappa shape index (κ3) is 3.16. The van der Waals surface area contributed by atoms with E-state index in [4.69, 9.17) is 0 Å². The number of aromatic nitrogens is 5. The minimum Gasteiger partial charge on any atom is -0.369 e. The minimum atomic E-state index is 0.580. The molecule has 96 valence electrons. The Labute approximate surface area is 113 Å². The van der Waals surface area contributed by atoms with Crippen LogP contribution in [-0.2, 0) is 13.5 Å². The lowest BCUT2D eigenvalue weighted by Gasteiger charge is -2.07. The van der Waals surface area contributed by atoms with Crippen molar-refractivity contribution in [3.63, 3.8) is 0 Å². The number of nitrogens with one attached hydrogen (secondary N) is 2. The largest absolute Gasteiger partial charge is 0.369 e. The fourth-order valence-corrected chi connectivity index (χ4v) is 1.73. The van der Waals surface area contributed by atoms with Crippen LogP contribution < -0.4 is 10.6 Å². The average Bonchev–Trinajstić information content (AvgIpc) is 2.77. The van der Waals surface area contributed by atoms with Crippen molar-refractivity contribution >= 4 is 27.7 Å². The van der Waals surface area contributed by atoms with Crippen LogP contribution in [-0.4, -0.2) is 38.3 Å². The first-order chi connectivity index (χ1) is 8.69. The molecule has 0 spiro atoms. The maximum absolute atomic E-state index is 4.30. The second kappa shape index (κ2) is 5.76. The summed E-state index contributed by atoms with van der Waals surface area (Å²) in [6.45, 7) is 0.711. The molecule has 0 bridgehead atoms. The molecule has 0 radical (unpaired) electrons. The van der Waals surface area contributed by atoms with Gasteiger partial charge in [0, 0.05) is 33.3 Å². The molecular formula is C10H14BrN7. The zero-order chi connectivity index (χ0) is 13.0. The molecule has 0 aliphatic carbocycles. The number of anilines is 2. The second-order valence-corrected chi connectivity index (χ2v) is 4.51. The second-order valence-electron chi connectivity index (χ2n) is 3.65. The Morgan fingerprint density at radius 1 is 1.39 bits per heavy atom. The van der Waals surface area contributed by atoms with Crippen LogP contribution in [0.1, 0.15) is 5.82 Å². The maximum Gasteiger partial charge on any atom is 0.224 e. The zero-order valence-electron chi connectivity index (χ0n) is 10.2.